The van der Waals surface area contributed by atoms with E-state index >= 15 is 0 Å². The molecule has 1 heterocycles. The molecule has 0 aliphatic heterocycles. The largest absolute Gasteiger partial charge is 0.372 e. The Labute approximate surface area is 142 Å². The Hall–Kier alpha value is -1.88. The van der Waals surface area contributed by atoms with Gasteiger partial charge >= 0.3 is 0 Å². The highest BCUT2D eigenvalue weighted by Crippen LogP contribution is 2.14. The summed E-state index contributed by atoms with van der Waals surface area (Å²) in [4.78, 5) is 7.88. The second-order valence-electron chi connectivity index (χ2n) is 5.70. The van der Waals surface area contributed by atoms with Crippen LogP contribution in [0.5, 0.6) is 0 Å². The molecular formula is C18H26N4S. The number of rotatable bonds is 6. The van der Waals surface area contributed by atoms with Crippen molar-refractivity contribution in [2.24, 2.45) is 10.1 Å². The predicted molar refractivity (Wildman–Crippen MR) is 101 cm³/mol. The molecule has 0 radical (unpaired) electrons. The lowest BCUT2D eigenvalue weighted by Gasteiger charge is -2.20. The van der Waals surface area contributed by atoms with Gasteiger partial charge in [0.25, 0.3) is 0 Å². The molecule has 2 aromatic rings. The van der Waals surface area contributed by atoms with E-state index in [4.69, 9.17) is 0 Å². The number of aromatic nitrogens is 1. The van der Waals surface area contributed by atoms with Gasteiger partial charge in [0.15, 0.2) is 0 Å². The molecular weight excluding hydrogens is 304 g/mol. The van der Waals surface area contributed by atoms with Crippen LogP contribution in [0.3, 0.4) is 0 Å². The van der Waals surface area contributed by atoms with Crippen LogP contribution in [0.1, 0.15) is 39.0 Å². The van der Waals surface area contributed by atoms with E-state index in [9.17, 15) is 0 Å². The summed E-state index contributed by atoms with van der Waals surface area (Å²) in [6.45, 7) is 12.6. The molecule has 0 bridgehead atoms. The third-order valence-electron chi connectivity index (χ3n) is 3.56. The van der Waals surface area contributed by atoms with Crippen LogP contribution in [0.4, 0.5) is 5.69 Å². The number of hydrogen-bond acceptors (Lipinski definition) is 4. The Balaban J connectivity index is 2.23. The number of benzene rings is 1. The van der Waals surface area contributed by atoms with E-state index in [0.717, 1.165) is 29.1 Å². The van der Waals surface area contributed by atoms with E-state index in [0.29, 0.717) is 0 Å². The molecule has 0 saturated carbocycles. The second-order valence-corrected chi connectivity index (χ2v) is 6.54. The minimum absolute atomic E-state index is 0.267. The highest BCUT2D eigenvalue weighted by molar-refractivity contribution is 7.07. The third-order valence-corrected chi connectivity index (χ3v) is 4.51. The topological polar surface area (TPSA) is 32.9 Å². The molecule has 0 fully saturated rings. The summed E-state index contributed by atoms with van der Waals surface area (Å²) in [5.41, 5.74) is 3.45. The molecule has 23 heavy (non-hydrogen) atoms. The summed E-state index contributed by atoms with van der Waals surface area (Å²) in [6.07, 6.45) is 1.89. The maximum Gasteiger partial charge on any atom is 0.206 e. The molecule has 0 spiro atoms. The Morgan fingerprint density at radius 3 is 2.39 bits per heavy atom. The summed E-state index contributed by atoms with van der Waals surface area (Å²) in [5.74, 6) is 0. The van der Waals surface area contributed by atoms with E-state index in [1.54, 1.807) is 11.3 Å². The highest BCUT2D eigenvalue weighted by Gasteiger charge is 2.02. The minimum Gasteiger partial charge on any atom is -0.372 e. The molecule has 4 nitrogen and oxygen atoms in total. The molecule has 5 heteroatoms. The van der Waals surface area contributed by atoms with Crippen molar-refractivity contribution in [3.8, 4) is 0 Å². The van der Waals surface area contributed by atoms with Crippen molar-refractivity contribution in [1.82, 2.24) is 4.68 Å². The summed E-state index contributed by atoms with van der Waals surface area (Å²) in [6, 6.07) is 8.79. The first-order valence-corrected chi connectivity index (χ1v) is 9.03. The van der Waals surface area contributed by atoms with Crippen LogP contribution in [0.15, 0.2) is 39.7 Å². The molecule has 1 aromatic heterocycles. The fourth-order valence-corrected chi connectivity index (χ4v) is 3.26. The number of nitrogens with zero attached hydrogens (tertiary/aromatic N) is 4. The monoisotopic (exact) mass is 330 g/mol. The van der Waals surface area contributed by atoms with E-state index in [1.165, 1.54) is 5.69 Å². The second kappa shape index (κ2) is 8.11. The van der Waals surface area contributed by atoms with Gasteiger partial charge in [-0.3, -0.25) is 4.99 Å². The smallest absolute Gasteiger partial charge is 0.206 e. The first kappa shape index (κ1) is 17.5. The van der Waals surface area contributed by atoms with E-state index < -0.39 is 0 Å². The van der Waals surface area contributed by atoms with Crippen LogP contribution < -0.4 is 9.70 Å². The quantitative estimate of drug-likeness (QED) is 0.740. The van der Waals surface area contributed by atoms with Crippen molar-refractivity contribution in [2.75, 3.05) is 18.0 Å². The lowest BCUT2D eigenvalue weighted by molar-refractivity contribution is 0.738. The van der Waals surface area contributed by atoms with Crippen LogP contribution in [-0.2, 0) is 0 Å². The molecule has 0 aliphatic carbocycles. The fourth-order valence-electron chi connectivity index (χ4n) is 2.32. The van der Waals surface area contributed by atoms with Crippen LogP contribution in [-0.4, -0.2) is 30.0 Å². The van der Waals surface area contributed by atoms with Crippen molar-refractivity contribution in [2.45, 2.75) is 40.7 Å². The molecule has 0 amide bonds. The highest BCUT2D eigenvalue weighted by atomic mass is 32.1. The van der Waals surface area contributed by atoms with Crippen molar-refractivity contribution in [1.29, 1.82) is 0 Å². The van der Waals surface area contributed by atoms with Gasteiger partial charge in [-0.25, -0.2) is 4.68 Å². The molecule has 1 aromatic carbocycles. The van der Waals surface area contributed by atoms with Gasteiger partial charge in [0.05, 0.1) is 11.9 Å². The molecule has 0 unspecified atom stereocenters. The van der Waals surface area contributed by atoms with Crippen molar-refractivity contribution >= 4 is 23.2 Å². The number of thiazole rings is 1. The maximum absolute atomic E-state index is 4.61. The van der Waals surface area contributed by atoms with Gasteiger partial charge in [0.2, 0.25) is 4.80 Å². The Morgan fingerprint density at radius 1 is 1.17 bits per heavy atom. The lowest BCUT2D eigenvalue weighted by atomic mass is 10.2. The standard InChI is InChI=1S/C18H26N4S/c1-6-21(7-2)17-10-8-16(9-11-17)12-19-22-15(5)13-23-18(22)20-14(3)4/h8-14H,6-7H2,1-5H3. The fraction of sp³-hybridized carbons (Fsp3) is 0.444. The van der Waals surface area contributed by atoms with Crippen LogP contribution in [0.2, 0.25) is 0 Å². The maximum atomic E-state index is 4.61. The van der Waals surface area contributed by atoms with Crippen molar-refractivity contribution in [3.05, 3.63) is 45.7 Å². The van der Waals surface area contributed by atoms with Gasteiger partial charge in [-0.15, -0.1) is 11.3 Å². The number of aryl methyl sites for hydroxylation is 1. The van der Waals surface area contributed by atoms with Crippen LogP contribution in [0, 0.1) is 6.92 Å². The van der Waals surface area contributed by atoms with E-state index in [2.05, 4.69) is 79.3 Å². The summed E-state index contributed by atoms with van der Waals surface area (Å²) in [5, 5.41) is 6.68. The van der Waals surface area contributed by atoms with E-state index in [1.807, 2.05) is 10.9 Å². The molecule has 0 saturated heterocycles. The number of hydrogen-bond donors (Lipinski definition) is 0. The minimum atomic E-state index is 0.267. The Morgan fingerprint density at radius 2 is 1.83 bits per heavy atom. The lowest BCUT2D eigenvalue weighted by Crippen LogP contribution is -2.21. The molecule has 0 aliphatic rings. The molecule has 2 rings (SSSR count). The van der Waals surface area contributed by atoms with Crippen LogP contribution in [0.25, 0.3) is 0 Å². The molecule has 0 atom stereocenters. The molecule has 124 valence electrons. The summed E-state index contributed by atoms with van der Waals surface area (Å²) >= 11 is 1.63. The first-order valence-electron chi connectivity index (χ1n) is 8.15. The zero-order valence-corrected chi connectivity index (χ0v) is 15.5. The van der Waals surface area contributed by atoms with Gasteiger partial charge < -0.3 is 4.90 Å². The van der Waals surface area contributed by atoms with Gasteiger partial charge in [0.1, 0.15) is 0 Å². The van der Waals surface area contributed by atoms with Crippen molar-refractivity contribution in [3.63, 3.8) is 0 Å². The van der Waals surface area contributed by atoms with Crippen molar-refractivity contribution < 1.29 is 0 Å². The summed E-state index contributed by atoms with van der Waals surface area (Å²) in [7, 11) is 0. The SMILES string of the molecule is CCN(CC)c1ccc(C=Nn2c(C)csc2=NC(C)C)cc1. The Bertz CT molecular complexity index is 703. The average molecular weight is 331 g/mol. The van der Waals surface area contributed by atoms with Gasteiger partial charge in [-0.05, 0) is 52.3 Å². The van der Waals surface area contributed by atoms with Gasteiger partial charge in [0, 0.05) is 30.2 Å². The normalized spacial score (nSPS) is 12.5. The third kappa shape index (κ3) is 4.55. The van der Waals surface area contributed by atoms with E-state index in [-0.39, 0.29) is 6.04 Å². The number of anilines is 1. The van der Waals surface area contributed by atoms with Gasteiger partial charge in [-0.1, -0.05) is 12.1 Å². The van der Waals surface area contributed by atoms with Crippen LogP contribution >= 0.6 is 11.3 Å². The Kier molecular flexibility index (Phi) is 6.16. The zero-order chi connectivity index (χ0) is 16.8. The summed E-state index contributed by atoms with van der Waals surface area (Å²) < 4.78 is 1.91. The molecule has 0 N–H and O–H groups in total. The zero-order valence-electron chi connectivity index (χ0n) is 14.7. The van der Waals surface area contributed by atoms with Gasteiger partial charge in [-0.2, -0.15) is 5.10 Å². The predicted octanol–water partition coefficient (Wildman–Crippen LogP) is 3.90. The average Bonchev–Trinajstić information content (AvgIpc) is 2.87. The first-order chi connectivity index (χ1) is 11.0.